The van der Waals surface area contributed by atoms with Crippen LogP contribution >= 0.6 is 116 Å². The molecule has 0 unspecified atom stereocenters. The second-order valence-electron chi connectivity index (χ2n) is 0.697. The van der Waals surface area contributed by atoms with E-state index >= 15 is 0 Å². The Balaban J connectivity index is -0.0000000482. The lowest BCUT2D eigenvalue weighted by molar-refractivity contribution is 1.96. The van der Waals surface area contributed by atoms with Crippen molar-refractivity contribution in [2.24, 2.45) is 0 Å². The van der Waals surface area contributed by atoms with E-state index in [1.807, 2.05) is 0 Å². The molecular weight excluding hydrogens is 403 g/mol. The quantitative estimate of drug-likeness (QED) is 0.386. The van der Waals surface area contributed by atoms with E-state index in [0.29, 0.717) is 0 Å². The molecule has 92 valence electrons. The van der Waals surface area contributed by atoms with Crippen molar-refractivity contribution in [2.45, 2.75) is 8.59 Å². The van der Waals surface area contributed by atoms with Gasteiger partial charge < -0.3 is 0 Å². The first kappa shape index (κ1) is 25.7. The first-order chi connectivity index (χ1) is 6.29. The van der Waals surface area contributed by atoms with Gasteiger partial charge in [0.25, 0.3) is 0 Å². The molecule has 0 aromatic heterocycles. The average Bonchev–Trinajstić information content (AvgIpc) is 1.85. The van der Waals surface area contributed by atoms with Crippen molar-refractivity contribution < 1.29 is 0 Å². The third-order valence-electron chi connectivity index (χ3n) is 0. The standard InChI is InChI=1S/2CHCl3.2CH2Cl2/c2*2-1(3)4;2*2-1-3/h2*1H;2*1H2. The lowest BCUT2D eigenvalue weighted by Crippen LogP contribution is -1.55. The molecule has 0 aromatic rings. The zero-order chi connectivity index (χ0) is 12.6. The fourth-order valence-corrected chi connectivity index (χ4v) is 0. The Labute approximate surface area is 134 Å². The molecule has 0 aromatic carbocycles. The second-order valence-corrected chi connectivity index (χ2v) is 6.27. The molecular formula is C4H6Cl10. The van der Waals surface area contributed by atoms with Crippen molar-refractivity contribution in [3.8, 4) is 0 Å². The van der Waals surface area contributed by atoms with Crippen LogP contribution in [-0.4, -0.2) is 19.3 Å². The summed E-state index contributed by atoms with van der Waals surface area (Å²) in [5.41, 5.74) is 0. The summed E-state index contributed by atoms with van der Waals surface area (Å²) in [7, 11) is 0. The molecule has 0 nitrogen and oxygen atoms in total. The maximum Gasteiger partial charge on any atom is 0.180 e. The number of halogens is 10. The van der Waals surface area contributed by atoms with Gasteiger partial charge in [-0.25, -0.2) is 0 Å². The molecule has 0 heterocycles. The SMILES string of the molecule is ClC(Cl)Cl.ClC(Cl)Cl.ClCCl.ClCCl. The van der Waals surface area contributed by atoms with E-state index in [0.717, 1.165) is 0 Å². The summed E-state index contributed by atoms with van der Waals surface area (Å²) in [5, 5.41) is 0.389. The van der Waals surface area contributed by atoms with Gasteiger partial charge in [0.2, 0.25) is 0 Å². The van der Waals surface area contributed by atoms with Gasteiger partial charge in [-0.3, -0.25) is 0 Å². The van der Waals surface area contributed by atoms with Gasteiger partial charge in [0.15, 0.2) is 8.59 Å². The highest BCUT2D eigenvalue weighted by atomic mass is 35.6. The summed E-state index contributed by atoms with van der Waals surface area (Å²) in [6.45, 7) is 0. The van der Waals surface area contributed by atoms with Crippen LogP contribution in [0.25, 0.3) is 0 Å². The third kappa shape index (κ3) is 342. The zero-order valence-corrected chi connectivity index (χ0v) is 13.9. The molecule has 0 spiro atoms. The van der Waals surface area contributed by atoms with Crippen LogP contribution in [0.1, 0.15) is 0 Å². The highest BCUT2D eigenvalue weighted by Gasteiger charge is 1.79. The average molecular weight is 409 g/mol. The number of hydrogen-bond donors (Lipinski definition) is 0. The molecule has 0 N–H and O–H groups in total. The summed E-state index contributed by atoms with van der Waals surface area (Å²) in [6.07, 6.45) is 0. The predicted molar refractivity (Wildman–Crippen MR) is 75.8 cm³/mol. The van der Waals surface area contributed by atoms with Crippen molar-refractivity contribution in [3.63, 3.8) is 0 Å². The van der Waals surface area contributed by atoms with Crippen molar-refractivity contribution in [1.29, 1.82) is 0 Å². The molecule has 0 aliphatic carbocycles. The first-order valence-electron chi connectivity index (χ1n) is 2.38. The second kappa shape index (κ2) is 29.7. The topological polar surface area (TPSA) is 0 Å². The molecule has 0 aliphatic rings. The minimum atomic E-state index is -0.750. The monoisotopic (exact) mass is 404 g/mol. The van der Waals surface area contributed by atoms with Gasteiger partial charge in [-0.2, -0.15) is 0 Å². The number of alkyl halides is 10. The zero-order valence-electron chi connectivity index (χ0n) is 6.35. The van der Waals surface area contributed by atoms with Crippen LogP contribution < -0.4 is 0 Å². The van der Waals surface area contributed by atoms with Gasteiger partial charge in [-0.15, -0.1) is 46.4 Å². The van der Waals surface area contributed by atoms with Crippen molar-refractivity contribution in [2.75, 3.05) is 10.7 Å². The van der Waals surface area contributed by atoms with Crippen LogP contribution in [-0.2, 0) is 0 Å². The maximum absolute atomic E-state index is 4.81. The molecule has 0 amide bonds. The molecule has 0 rings (SSSR count). The normalized spacial score (nSPS) is 7.71. The molecule has 0 fully saturated rings. The predicted octanol–water partition coefficient (Wildman–Crippen LogP) is 6.82. The van der Waals surface area contributed by atoms with Gasteiger partial charge in [0.1, 0.15) is 0 Å². The van der Waals surface area contributed by atoms with Gasteiger partial charge in [-0.05, 0) is 0 Å². The van der Waals surface area contributed by atoms with E-state index in [1.54, 1.807) is 0 Å². The molecule has 0 saturated heterocycles. The first-order valence-corrected chi connectivity index (χ1v) is 7.14. The Morgan fingerprint density at radius 1 is 0.500 bits per heavy atom. The van der Waals surface area contributed by atoms with Gasteiger partial charge >= 0.3 is 0 Å². The highest BCUT2D eigenvalue weighted by molar-refractivity contribution is 6.63. The van der Waals surface area contributed by atoms with Crippen LogP contribution in [0.15, 0.2) is 0 Å². The van der Waals surface area contributed by atoms with Crippen molar-refractivity contribution in [1.82, 2.24) is 0 Å². The summed E-state index contributed by atoms with van der Waals surface area (Å²) >= 11 is 47.9. The van der Waals surface area contributed by atoms with Crippen LogP contribution in [0.5, 0.6) is 0 Å². The van der Waals surface area contributed by atoms with Gasteiger partial charge in [0.05, 0.1) is 10.7 Å². The van der Waals surface area contributed by atoms with Crippen LogP contribution in [0.3, 0.4) is 0 Å². The lowest BCUT2D eigenvalue weighted by atomic mass is 11.9. The molecule has 0 atom stereocenters. The Kier molecular flexibility index (Phi) is 54.5. The Hall–Kier alpha value is 2.90. The van der Waals surface area contributed by atoms with Crippen LogP contribution in [0.2, 0.25) is 0 Å². The van der Waals surface area contributed by atoms with E-state index in [4.69, 9.17) is 116 Å². The van der Waals surface area contributed by atoms with E-state index in [-0.39, 0.29) is 10.7 Å². The third-order valence-corrected chi connectivity index (χ3v) is 0. The summed E-state index contributed by atoms with van der Waals surface area (Å²) < 4.78 is -1.50. The van der Waals surface area contributed by atoms with E-state index < -0.39 is 8.59 Å². The van der Waals surface area contributed by atoms with E-state index in [2.05, 4.69) is 0 Å². The van der Waals surface area contributed by atoms with E-state index in [1.165, 1.54) is 0 Å². The molecule has 0 aliphatic heterocycles. The maximum atomic E-state index is 4.81. The summed E-state index contributed by atoms with van der Waals surface area (Å²) in [5.74, 6) is 0. The minimum Gasteiger partial charge on any atom is -0.109 e. The number of hydrogen-bond acceptors (Lipinski definition) is 0. The Morgan fingerprint density at radius 2 is 0.500 bits per heavy atom. The minimum absolute atomic E-state index is 0.194. The van der Waals surface area contributed by atoms with E-state index in [9.17, 15) is 0 Å². The lowest BCUT2D eigenvalue weighted by Gasteiger charge is -1.69. The largest absolute Gasteiger partial charge is 0.180 e. The van der Waals surface area contributed by atoms with Gasteiger partial charge in [0, 0.05) is 0 Å². The van der Waals surface area contributed by atoms with Crippen LogP contribution in [0, 0.1) is 0 Å². The Bertz CT molecular complexity index is 42.6. The fraction of sp³-hybridized carbons (Fsp3) is 1.00. The molecule has 0 radical (unpaired) electrons. The Morgan fingerprint density at radius 3 is 0.500 bits per heavy atom. The number of rotatable bonds is 0. The van der Waals surface area contributed by atoms with Crippen molar-refractivity contribution >= 4 is 116 Å². The molecule has 10 heteroatoms. The molecule has 0 bridgehead atoms. The highest BCUT2D eigenvalue weighted by Crippen LogP contribution is 2.04. The van der Waals surface area contributed by atoms with Crippen molar-refractivity contribution in [3.05, 3.63) is 0 Å². The fourth-order valence-electron chi connectivity index (χ4n) is 0. The summed E-state index contributed by atoms with van der Waals surface area (Å²) in [6, 6.07) is 0. The smallest absolute Gasteiger partial charge is 0.109 e. The molecule has 0 saturated carbocycles. The van der Waals surface area contributed by atoms with Crippen LogP contribution in [0.4, 0.5) is 0 Å². The molecule has 14 heavy (non-hydrogen) atoms. The summed E-state index contributed by atoms with van der Waals surface area (Å²) in [4.78, 5) is 0. The van der Waals surface area contributed by atoms with Gasteiger partial charge in [-0.1, -0.05) is 69.6 Å².